The van der Waals surface area contributed by atoms with Gasteiger partial charge in [-0.3, -0.25) is 4.79 Å². The van der Waals surface area contributed by atoms with Crippen LogP contribution in [0, 0.1) is 6.92 Å². The summed E-state index contributed by atoms with van der Waals surface area (Å²) in [6, 6.07) is 26.2. The minimum Gasteiger partial charge on any atom is -0.491 e. The molecule has 1 aromatic heterocycles. The Morgan fingerprint density at radius 2 is 1.63 bits per heavy atom. The first-order valence-electron chi connectivity index (χ1n) is 8.99. The van der Waals surface area contributed by atoms with E-state index in [0.29, 0.717) is 12.3 Å². The fourth-order valence-corrected chi connectivity index (χ4v) is 3.61. The molecule has 0 saturated heterocycles. The summed E-state index contributed by atoms with van der Waals surface area (Å²) in [6.07, 6.45) is 0. The lowest BCUT2D eigenvalue weighted by Gasteiger charge is -2.17. The molecule has 0 saturated carbocycles. The number of rotatable bonds is 4. The lowest BCUT2D eigenvalue weighted by molar-refractivity contribution is 0.407. The first-order chi connectivity index (χ1) is 13.2. The van der Waals surface area contributed by atoms with Crippen LogP contribution in [0.1, 0.15) is 11.1 Å². The molecule has 0 N–H and O–H groups in total. The van der Waals surface area contributed by atoms with E-state index >= 15 is 0 Å². The molecule has 4 rings (SSSR count). The molecular formula is C24H21NO2. The molecule has 0 aliphatic carbocycles. The molecule has 0 atom stereocenters. The summed E-state index contributed by atoms with van der Waals surface area (Å²) in [5.41, 5.74) is 4.89. The summed E-state index contributed by atoms with van der Waals surface area (Å²) >= 11 is 0. The number of para-hydroxylation sites is 1. The molecule has 0 fully saturated rings. The highest BCUT2D eigenvalue weighted by atomic mass is 16.5. The van der Waals surface area contributed by atoms with Crippen molar-refractivity contribution >= 4 is 10.9 Å². The van der Waals surface area contributed by atoms with Crippen LogP contribution in [0.2, 0.25) is 0 Å². The van der Waals surface area contributed by atoms with Crippen molar-refractivity contribution in [2.75, 3.05) is 7.11 Å². The van der Waals surface area contributed by atoms with Crippen LogP contribution in [0.25, 0.3) is 22.0 Å². The maximum Gasteiger partial charge on any atom is 0.294 e. The summed E-state index contributed by atoms with van der Waals surface area (Å²) in [4.78, 5) is 13.3. The first-order valence-corrected chi connectivity index (χ1v) is 8.99. The topological polar surface area (TPSA) is 31.2 Å². The molecule has 0 aliphatic rings. The highest BCUT2D eigenvalue weighted by Gasteiger charge is 2.18. The van der Waals surface area contributed by atoms with Gasteiger partial charge in [-0.2, -0.15) is 0 Å². The summed E-state index contributed by atoms with van der Waals surface area (Å²) < 4.78 is 7.41. The Kier molecular flexibility index (Phi) is 4.51. The highest BCUT2D eigenvalue weighted by molar-refractivity contribution is 5.97. The molecule has 3 heteroatoms. The van der Waals surface area contributed by atoms with Gasteiger partial charge in [0.2, 0.25) is 0 Å². The molecule has 27 heavy (non-hydrogen) atoms. The van der Waals surface area contributed by atoms with E-state index in [2.05, 4.69) is 19.1 Å². The van der Waals surface area contributed by atoms with Gasteiger partial charge in [0.15, 0.2) is 5.75 Å². The van der Waals surface area contributed by atoms with Gasteiger partial charge in [-0.25, -0.2) is 0 Å². The van der Waals surface area contributed by atoms with E-state index in [9.17, 15) is 4.79 Å². The summed E-state index contributed by atoms with van der Waals surface area (Å²) in [5.74, 6) is 0.382. The molecule has 134 valence electrons. The number of ether oxygens (including phenoxy) is 1. The fraction of sp³-hybridized carbons (Fsp3) is 0.125. The highest BCUT2D eigenvalue weighted by Crippen LogP contribution is 2.34. The van der Waals surface area contributed by atoms with E-state index in [4.69, 9.17) is 4.74 Å². The van der Waals surface area contributed by atoms with Crippen molar-refractivity contribution in [2.45, 2.75) is 13.5 Å². The molecule has 3 aromatic carbocycles. The number of aryl methyl sites for hydroxylation is 1. The number of fused-ring (bicyclic) bond motifs is 1. The third-order valence-electron chi connectivity index (χ3n) is 4.82. The van der Waals surface area contributed by atoms with Crippen LogP contribution in [0.15, 0.2) is 83.7 Å². The number of methoxy groups -OCH3 is 1. The SMILES string of the molecule is COc1c(-c2ccccc2)c2ccccc2n(Cc2cccc(C)c2)c1=O. The zero-order valence-electron chi connectivity index (χ0n) is 15.5. The average Bonchev–Trinajstić information content (AvgIpc) is 2.70. The van der Waals surface area contributed by atoms with E-state index in [1.807, 2.05) is 66.7 Å². The van der Waals surface area contributed by atoms with E-state index < -0.39 is 0 Å². The Labute approximate surface area is 158 Å². The molecule has 0 aliphatic heterocycles. The summed E-state index contributed by atoms with van der Waals surface area (Å²) in [5, 5.41) is 1.01. The van der Waals surface area contributed by atoms with E-state index in [1.165, 1.54) is 5.56 Å². The molecule has 0 spiro atoms. The van der Waals surface area contributed by atoms with Crippen LogP contribution in [-0.2, 0) is 6.54 Å². The minimum absolute atomic E-state index is 0.114. The van der Waals surface area contributed by atoms with Gasteiger partial charge in [0.25, 0.3) is 5.56 Å². The summed E-state index contributed by atoms with van der Waals surface area (Å²) in [6.45, 7) is 2.57. The second kappa shape index (κ2) is 7.12. The van der Waals surface area contributed by atoms with Gasteiger partial charge in [-0.15, -0.1) is 0 Å². The number of aromatic nitrogens is 1. The zero-order valence-corrected chi connectivity index (χ0v) is 15.5. The lowest BCUT2D eigenvalue weighted by atomic mass is 9.99. The number of hydrogen-bond acceptors (Lipinski definition) is 2. The Hall–Kier alpha value is -3.33. The van der Waals surface area contributed by atoms with Gasteiger partial charge in [0.05, 0.1) is 19.2 Å². The van der Waals surface area contributed by atoms with E-state index in [0.717, 1.165) is 27.6 Å². The Balaban J connectivity index is 2.02. The van der Waals surface area contributed by atoms with Gasteiger partial charge in [0.1, 0.15) is 0 Å². The third-order valence-corrected chi connectivity index (χ3v) is 4.82. The van der Waals surface area contributed by atoms with Crippen molar-refractivity contribution < 1.29 is 4.74 Å². The predicted molar refractivity (Wildman–Crippen MR) is 110 cm³/mol. The van der Waals surface area contributed by atoms with E-state index in [1.54, 1.807) is 11.7 Å². The Morgan fingerprint density at radius 3 is 2.37 bits per heavy atom. The fourth-order valence-electron chi connectivity index (χ4n) is 3.61. The van der Waals surface area contributed by atoms with Crippen LogP contribution in [0.4, 0.5) is 0 Å². The van der Waals surface area contributed by atoms with Crippen LogP contribution >= 0.6 is 0 Å². The second-order valence-electron chi connectivity index (χ2n) is 6.67. The molecular weight excluding hydrogens is 334 g/mol. The predicted octanol–water partition coefficient (Wildman–Crippen LogP) is 5.03. The molecule has 1 heterocycles. The standard InChI is InChI=1S/C24H21NO2/c1-17-9-8-10-18(15-17)16-25-21-14-7-6-13-20(21)22(23(27-2)24(25)26)19-11-4-3-5-12-19/h3-15H,16H2,1-2H3. The first kappa shape index (κ1) is 17.1. The number of nitrogens with zero attached hydrogens (tertiary/aromatic N) is 1. The molecule has 0 bridgehead atoms. The van der Waals surface area contributed by atoms with Gasteiger partial charge < -0.3 is 9.30 Å². The third kappa shape index (κ3) is 3.13. The van der Waals surface area contributed by atoms with Crippen LogP contribution < -0.4 is 10.3 Å². The molecule has 0 unspecified atom stereocenters. The van der Waals surface area contributed by atoms with Crippen LogP contribution in [-0.4, -0.2) is 11.7 Å². The molecule has 0 amide bonds. The number of benzene rings is 3. The normalized spacial score (nSPS) is 10.9. The Morgan fingerprint density at radius 1 is 0.889 bits per heavy atom. The smallest absolute Gasteiger partial charge is 0.294 e. The van der Waals surface area contributed by atoms with Crippen molar-refractivity contribution in [3.8, 4) is 16.9 Å². The van der Waals surface area contributed by atoms with Crippen molar-refractivity contribution in [1.29, 1.82) is 0 Å². The second-order valence-corrected chi connectivity index (χ2v) is 6.67. The number of pyridine rings is 1. The summed E-state index contributed by atoms with van der Waals surface area (Å²) in [7, 11) is 1.56. The van der Waals surface area contributed by atoms with Crippen molar-refractivity contribution in [2.24, 2.45) is 0 Å². The van der Waals surface area contributed by atoms with Crippen LogP contribution in [0.3, 0.4) is 0 Å². The Bertz CT molecular complexity index is 1160. The van der Waals surface area contributed by atoms with Crippen molar-refractivity contribution in [3.63, 3.8) is 0 Å². The van der Waals surface area contributed by atoms with Gasteiger partial charge in [-0.05, 0) is 24.1 Å². The van der Waals surface area contributed by atoms with Crippen molar-refractivity contribution in [1.82, 2.24) is 4.57 Å². The molecule has 4 aromatic rings. The maximum atomic E-state index is 13.3. The van der Waals surface area contributed by atoms with Gasteiger partial charge in [-0.1, -0.05) is 78.4 Å². The zero-order chi connectivity index (χ0) is 18.8. The van der Waals surface area contributed by atoms with Gasteiger partial charge >= 0.3 is 0 Å². The van der Waals surface area contributed by atoms with Crippen LogP contribution in [0.5, 0.6) is 5.75 Å². The minimum atomic E-state index is -0.114. The quantitative estimate of drug-likeness (QED) is 0.514. The van der Waals surface area contributed by atoms with Crippen molar-refractivity contribution in [3.05, 3.63) is 100 Å². The number of hydrogen-bond donors (Lipinski definition) is 0. The van der Waals surface area contributed by atoms with Gasteiger partial charge in [0, 0.05) is 10.9 Å². The molecule has 3 nitrogen and oxygen atoms in total. The van der Waals surface area contributed by atoms with E-state index in [-0.39, 0.29) is 5.56 Å². The monoisotopic (exact) mass is 355 g/mol. The molecule has 0 radical (unpaired) electrons. The average molecular weight is 355 g/mol. The lowest BCUT2D eigenvalue weighted by Crippen LogP contribution is -2.23. The largest absolute Gasteiger partial charge is 0.491 e. The maximum absolute atomic E-state index is 13.3.